The van der Waals surface area contributed by atoms with Crippen LogP contribution in [0.15, 0.2) is 59.4 Å². The van der Waals surface area contributed by atoms with Gasteiger partial charge in [-0.05, 0) is 43.7 Å². The zero-order chi connectivity index (χ0) is 39.7. The molecule has 0 amide bonds. The Morgan fingerprint density at radius 2 is 1.75 bits per heavy atom. The Hall–Kier alpha value is -4.30. The summed E-state index contributed by atoms with van der Waals surface area (Å²) >= 11 is 17.8. The van der Waals surface area contributed by atoms with Gasteiger partial charge in [0.25, 0.3) is 5.69 Å². The molecule has 17 nitrogen and oxygen atoms in total. The van der Waals surface area contributed by atoms with Gasteiger partial charge in [0.15, 0.2) is 7.37 Å². The topological polar surface area (TPSA) is 265 Å². The molecule has 1 heterocycles. The zero-order valence-electron chi connectivity index (χ0n) is 27.1. The second-order valence-corrected chi connectivity index (χ2v) is 16.0. The predicted octanol–water partition coefficient (Wildman–Crippen LogP) is 5.73. The lowest BCUT2D eigenvalue weighted by Crippen LogP contribution is -2.30. The number of ether oxygens (including phenoxy) is 1. The number of nitrogen functional groups attached to an aromatic ring is 1. The van der Waals surface area contributed by atoms with E-state index < -0.39 is 46.6 Å². The van der Waals surface area contributed by atoms with Crippen molar-refractivity contribution >= 4 is 75.2 Å². The van der Waals surface area contributed by atoms with Crippen LogP contribution in [0.3, 0.4) is 0 Å². The van der Waals surface area contributed by atoms with Crippen molar-refractivity contribution in [2.75, 3.05) is 29.5 Å². The number of carboxylic acid groups (broad SMARTS) is 1. The summed E-state index contributed by atoms with van der Waals surface area (Å²) in [5, 5.41) is 22.6. The van der Waals surface area contributed by atoms with Crippen molar-refractivity contribution in [1.29, 1.82) is 0 Å². The van der Waals surface area contributed by atoms with Gasteiger partial charge < -0.3 is 26.2 Å². The Balaban J connectivity index is 0.000000288. The number of nitrogens with one attached hydrogen (secondary N) is 1. The number of aliphatic carboxylic acids is 1. The maximum Gasteiger partial charge on any atom is 0.355 e. The number of hydrogen-bond acceptors (Lipinski definition) is 11. The predicted molar refractivity (Wildman–Crippen MR) is 192 cm³/mol. The Kier molecular flexibility index (Phi) is 15.6. The van der Waals surface area contributed by atoms with E-state index in [-0.39, 0.29) is 66.5 Å². The van der Waals surface area contributed by atoms with Crippen LogP contribution in [-0.2, 0) is 19.4 Å². The van der Waals surface area contributed by atoms with E-state index in [1.807, 2.05) is 6.07 Å². The van der Waals surface area contributed by atoms with Gasteiger partial charge in [0.05, 0.1) is 32.6 Å². The fourth-order valence-electron chi connectivity index (χ4n) is 3.75. The van der Waals surface area contributed by atoms with Crippen molar-refractivity contribution in [1.82, 2.24) is 14.3 Å². The molecule has 0 saturated carbocycles. The molecule has 4 aromatic rings. The highest BCUT2D eigenvalue weighted by Crippen LogP contribution is 2.39. The minimum atomic E-state index is -3.65. The van der Waals surface area contributed by atoms with Crippen LogP contribution in [0.2, 0.25) is 15.1 Å². The number of para-hydroxylation sites is 1. The minimum absolute atomic E-state index is 0.0257. The van der Waals surface area contributed by atoms with Crippen LogP contribution in [0, 0.1) is 17.0 Å². The van der Waals surface area contributed by atoms with E-state index in [0.29, 0.717) is 10.4 Å². The minimum Gasteiger partial charge on any atom is -0.480 e. The van der Waals surface area contributed by atoms with Gasteiger partial charge in [0.1, 0.15) is 34.1 Å². The fourth-order valence-corrected chi connectivity index (χ4v) is 5.84. The summed E-state index contributed by atoms with van der Waals surface area (Å²) in [4.78, 5) is 41.0. The van der Waals surface area contributed by atoms with Gasteiger partial charge in [-0.2, -0.15) is 13.5 Å². The number of nitro benzene ring substituents is 1. The van der Waals surface area contributed by atoms with Crippen molar-refractivity contribution in [3.63, 3.8) is 0 Å². The highest BCUT2D eigenvalue weighted by Gasteiger charge is 2.22. The molecular formula is C28H31Cl3F2N7O10PS. The van der Waals surface area contributed by atoms with Crippen molar-refractivity contribution in [2.45, 2.75) is 25.9 Å². The SMILES string of the molecule is CP(=O)(O)CCC(N)C(=O)O.Cc1nn(-c2cc(NS(C)(=O)=O)c(Cl)cc2Cl)c(=O)n1C(F)F.Nc1c([N+](=O)[O-])ccc(Oc2ccccc2)c1Cl. The van der Waals surface area contributed by atoms with Gasteiger partial charge in [-0.1, -0.05) is 53.0 Å². The number of sulfonamides is 1. The third kappa shape index (κ3) is 13.0. The number of nitrogens with two attached hydrogens (primary N) is 2. The van der Waals surface area contributed by atoms with Gasteiger partial charge in [-0.25, -0.2) is 17.8 Å². The average molecular weight is 833 g/mol. The summed E-state index contributed by atoms with van der Waals surface area (Å²) in [5.74, 6) is -0.509. The number of rotatable bonds is 11. The highest BCUT2D eigenvalue weighted by molar-refractivity contribution is 7.92. The largest absolute Gasteiger partial charge is 0.480 e. The summed E-state index contributed by atoms with van der Waals surface area (Å²) in [5.41, 5.74) is 9.07. The van der Waals surface area contributed by atoms with E-state index in [9.17, 15) is 41.5 Å². The first-order valence-corrected chi connectivity index (χ1v) is 19.4. The lowest BCUT2D eigenvalue weighted by Gasteiger charge is -2.10. The quantitative estimate of drug-likeness (QED) is 0.0524. The standard InChI is InChI=1S/C12H9ClN2O3.C11H10Cl2F2N4O3S.C5H12NO4P/c13-11-10(18-8-4-2-1-3-5-8)7-6-9(12(11)14)15(16)17;1-5-16-19(11(20)18(5)10(14)15)9-4-8(17-23(2,21)22)6(12)3-7(9)13;1-11(9,10)3-2-4(6)5(7)8/h1-7H,14H2;3-4,10,17H,1-2H3;4H,2-3,6H2,1H3,(H,7,8)(H,9,10). The third-order valence-corrected chi connectivity index (χ3v) is 8.88. The van der Waals surface area contributed by atoms with E-state index >= 15 is 0 Å². The monoisotopic (exact) mass is 831 g/mol. The van der Waals surface area contributed by atoms with Crippen LogP contribution in [0.25, 0.3) is 5.69 Å². The number of nitro groups is 1. The third-order valence-electron chi connectivity index (χ3n) is 6.20. The van der Waals surface area contributed by atoms with Crippen molar-refractivity contribution < 1.29 is 46.2 Å². The van der Waals surface area contributed by atoms with Crippen molar-refractivity contribution in [2.24, 2.45) is 5.73 Å². The molecule has 0 aliphatic rings. The van der Waals surface area contributed by atoms with Gasteiger partial charge in [0.2, 0.25) is 10.0 Å². The number of aromatic nitrogens is 3. The molecule has 2 atom stereocenters. The molecule has 3 aromatic carbocycles. The van der Waals surface area contributed by atoms with Crippen LogP contribution in [-0.4, -0.2) is 68.8 Å². The van der Waals surface area contributed by atoms with Crippen LogP contribution in [0.4, 0.5) is 25.8 Å². The summed E-state index contributed by atoms with van der Waals surface area (Å²) < 4.78 is 67.4. The molecule has 7 N–H and O–H groups in total. The molecule has 1 aromatic heterocycles. The molecule has 0 aliphatic carbocycles. The number of anilines is 2. The molecule has 0 radical (unpaired) electrons. The molecule has 284 valence electrons. The number of carboxylic acids is 1. The van der Waals surface area contributed by atoms with E-state index in [4.69, 9.17) is 61.0 Å². The highest BCUT2D eigenvalue weighted by atomic mass is 35.5. The molecule has 24 heteroatoms. The van der Waals surface area contributed by atoms with Gasteiger partial charge >= 0.3 is 18.2 Å². The summed E-state index contributed by atoms with van der Waals surface area (Å²) in [6.45, 7) is -0.665. The number of carbonyl (C=O) groups is 1. The van der Waals surface area contributed by atoms with E-state index in [1.54, 1.807) is 24.3 Å². The van der Waals surface area contributed by atoms with Gasteiger partial charge in [-0.3, -0.25) is 24.2 Å². The number of nitrogens with zero attached hydrogens (tertiary/aromatic N) is 4. The second kappa shape index (κ2) is 18.5. The van der Waals surface area contributed by atoms with Crippen molar-refractivity contribution in [3.05, 3.63) is 96.1 Å². The Bertz CT molecular complexity index is 2140. The molecule has 0 saturated heterocycles. The number of benzene rings is 3. The maximum absolute atomic E-state index is 12.8. The molecule has 0 bridgehead atoms. The first-order valence-electron chi connectivity index (χ1n) is 14.1. The van der Waals surface area contributed by atoms with Crippen molar-refractivity contribution in [3.8, 4) is 17.2 Å². The number of halogens is 5. The molecule has 0 aliphatic heterocycles. The van der Waals surface area contributed by atoms with E-state index in [1.165, 1.54) is 31.8 Å². The van der Waals surface area contributed by atoms with Gasteiger partial charge in [0, 0.05) is 18.9 Å². The smallest absolute Gasteiger partial charge is 0.355 e. The Morgan fingerprint density at radius 1 is 1.15 bits per heavy atom. The van der Waals surface area contributed by atoms with Crippen LogP contribution in [0.1, 0.15) is 18.8 Å². The number of alkyl halides is 2. The molecule has 0 fully saturated rings. The number of hydrogen-bond donors (Lipinski definition) is 5. The molecule has 0 spiro atoms. The summed E-state index contributed by atoms with van der Waals surface area (Å²) in [6.07, 6.45) is 0.902. The lowest BCUT2D eigenvalue weighted by molar-refractivity contribution is -0.383. The van der Waals surface area contributed by atoms with Crippen LogP contribution < -0.4 is 26.6 Å². The van der Waals surface area contributed by atoms with E-state index in [2.05, 4.69) is 9.82 Å². The van der Waals surface area contributed by atoms with Gasteiger partial charge in [-0.15, -0.1) is 5.10 Å². The number of aryl methyl sites for hydroxylation is 1. The summed E-state index contributed by atoms with van der Waals surface area (Å²) in [6, 6.07) is 12.9. The molecule has 4 rings (SSSR count). The zero-order valence-corrected chi connectivity index (χ0v) is 31.1. The Labute approximate surface area is 309 Å². The van der Waals surface area contributed by atoms with E-state index in [0.717, 1.165) is 12.3 Å². The summed E-state index contributed by atoms with van der Waals surface area (Å²) in [7, 11) is -6.75. The van der Waals surface area contributed by atoms with Crippen LogP contribution >= 0.6 is 42.2 Å². The Morgan fingerprint density at radius 3 is 2.23 bits per heavy atom. The normalized spacial score (nSPS) is 12.8. The molecule has 52 heavy (non-hydrogen) atoms. The fraction of sp³-hybridized carbons (Fsp3) is 0.250. The van der Waals surface area contributed by atoms with Crippen LogP contribution in [0.5, 0.6) is 11.5 Å². The first kappa shape index (κ1) is 43.9. The second-order valence-electron chi connectivity index (χ2n) is 10.5. The first-order chi connectivity index (χ1) is 23.9. The lowest BCUT2D eigenvalue weighted by atomic mass is 10.2. The average Bonchev–Trinajstić information content (AvgIpc) is 3.32. The molecule has 2 unspecified atom stereocenters. The molecular weight excluding hydrogens is 802 g/mol. The maximum atomic E-state index is 12.8.